The molecule has 0 aromatic heterocycles. The first-order valence-electron chi connectivity index (χ1n) is 10.8. The SMILES string of the molecule is CCOc1ccc(CNC(=O)C(=O)Nc2ccccc2C(=O)NCCc2ccccc2)cc1. The van der Waals surface area contributed by atoms with Crippen LogP contribution < -0.4 is 20.7 Å². The van der Waals surface area contributed by atoms with E-state index in [1.807, 2.05) is 49.4 Å². The van der Waals surface area contributed by atoms with Gasteiger partial charge in [-0.15, -0.1) is 0 Å². The van der Waals surface area contributed by atoms with E-state index < -0.39 is 11.8 Å². The third-order valence-corrected chi connectivity index (χ3v) is 4.86. The lowest BCUT2D eigenvalue weighted by Crippen LogP contribution is -2.35. The van der Waals surface area contributed by atoms with Crippen molar-refractivity contribution in [2.45, 2.75) is 19.9 Å². The molecule has 0 heterocycles. The molecule has 3 aromatic carbocycles. The molecule has 170 valence electrons. The van der Waals surface area contributed by atoms with Crippen molar-refractivity contribution in [3.8, 4) is 5.75 Å². The van der Waals surface area contributed by atoms with Gasteiger partial charge in [0.15, 0.2) is 0 Å². The topological polar surface area (TPSA) is 96.5 Å². The van der Waals surface area contributed by atoms with Crippen LogP contribution in [0, 0.1) is 0 Å². The average molecular weight is 446 g/mol. The van der Waals surface area contributed by atoms with Gasteiger partial charge in [0.1, 0.15) is 5.75 Å². The first kappa shape index (κ1) is 23.5. The Balaban J connectivity index is 1.52. The summed E-state index contributed by atoms with van der Waals surface area (Å²) in [5.41, 5.74) is 2.51. The second kappa shape index (κ2) is 12.0. The number of amides is 3. The Labute approximate surface area is 193 Å². The minimum atomic E-state index is -0.842. The van der Waals surface area contributed by atoms with Gasteiger partial charge in [0.2, 0.25) is 0 Å². The largest absolute Gasteiger partial charge is 0.494 e. The summed E-state index contributed by atoms with van der Waals surface area (Å²) >= 11 is 0. The van der Waals surface area contributed by atoms with Gasteiger partial charge in [-0.1, -0.05) is 54.6 Å². The number of benzene rings is 3. The average Bonchev–Trinajstić information content (AvgIpc) is 2.84. The molecule has 0 radical (unpaired) electrons. The van der Waals surface area contributed by atoms with Gasteiger partial charge >= 0.3 is 11.8 Å². The Bertz CT molecular complexity index is 1080. The number of hydrogen-bond donors (Lipinski definition) is 3. The smallest absolute Gasteiger partial charge is 0.313 e. The molecule has 7 heteroatoms. The zero-order chi connectivity index (χ0) is 23.5. The Morgan fingerprint density at radius 2 is 1.45 bits per heavy atom. The number of hydrogen-bond acceptors (Lipinski definition) is 4. The van der Waals surface area contributed by atoms with Crippen molar-refractivity contribution in [2.75, 3.05) is 18.5 Å². The van der Waals surface area contributed by atoms with Crippen molar-refractivity contribution >= 4 is 23.4 Å². The van der Waals surface area contributed by atoms with E-state index in [9.17, 15) is 14.4 Å². The van der Waals surface area contributed by atoms with Gasteiger partial charge < -0.3 is 20.7 Å². The number of ether oxygens (including phenoxy) is 1. The highest BCUT2D eigenvalue weighted by Crippen LogP contribution is 2.15. The molecule has 0 fully saturated rings. The lowest BCUT2D eigenvalue weighted by molar-refractivity contribution is -0.136. The number of rotatable bonds is 9. The highest BCUT2D eigenvalue weighted by atomic mass is 16.5. The summed E-state index contributed by atoms with van der Waals surface area (Å²) in [6.07, 6.45) is 0.690. The molecule has 0 unspecified atom stereocenters. The number of carbonyl (C=O) groups excluding carboxylic acids is 3. The van der Waals surface area contributed by atoms with Crippen LogP contribution in [0.5, 0.6) is 5.75 Å². The van der Waals surface area contributed by atoms with Crippen LogP contribution >= 0.6 is 0 Å². The van der Waals surface area contributed by atoms with Gasteiger partial charge in [-0.3, -0.25) is 14.4 Å². The standard InChI is InChI=1S/C26H27N3O4/c1-2-33-21-14-12-20(13-15-21)18-28-25(31)26(32)29-23-11-7-6-10-22(23)24(30)27-17-16-19-8-4-3-5-9-19/h3-15H,2,16-18H2,1H3,(H,27,30)(H,28,31)(H,29,32). The Hall–Kier alpha value is -4.13. The molecule has 0 aliphatic heterocycles. The molecule has 0 spiro atoms. The normalized spacial score (nSPS) is 10.2. The van der Waals surface area contributed by atoms with Crippen molar-refractivity contribution in [1.82, 2.24) is 10.6 Å². The van der Waals surface area contributed by atoms with Crippen molar-refractivity contribution in [3.05, 3.63) is 95.6 Å². The number of nitrogens with one attached hydrogen (secondary N) is 3. The minimum absolute atomic E-state index is 0.195. The second-order valence-corrected chi connectivity index (χ2v) is 7.25. The molecule has 0 atom stereocenters. The molecule has 0 saturated heterocycles. The maximum Gasteiger partial charge on any atom is 0.313 e. The maximum atomic E-state index is 12.6. The van der Waals surface area contributed by atoms with Gasteiger partial charge in [0, 0.05) is 13.1 Å². The third kappa shape index (κ3) is 7.21. The molecule has 3 amide bonds. The van der Waals surface area contributed by atoms with Crippen LogP contribution in [0.3, 0.4) is 0 Å². The Morgan fingerprint density at radius 3 is 2.18 bits per heavy atom. The quantitative estimate of drug-likeness (QED) is 0.440. The molecule has 33 heavy (non-hydrogen) atoms. The van der Waals surface area contributed by atoms with Crippen molar-refractivity contribution in [2.24, 2.45) is 0 Å². The monoisotopic (exact) mass is 445 g/mol. The molecule has 0 bridgehead atoms. The van der Waals surface area contributed by atoms with Gasteiger partial charge in [-0.05, 0) is 48.7 Å². The zero-order valence-corrected chi connectivity index (χ0v) is 18.5. The first-order valence-corrected chi connectivity index (χ1v) is 10.8. The fourth-order valence-electron chi connectivity index (χ4n) is 3.16. The number of anilines is 1. The van der Waals surface area contributed by atoms with Gasteiger partial charge in [0.05, 0.1) is 17.9 Å². The Morgan fingerprint density at radius 1 is 0.758 bits per heavy atom. The first-order chi connectivity index (χ1) is 16.1. The molecular formula is C26H27N3O4. The summed E-state index contributed by atoms with van der Waals surface area (Å²) in [6.45, 7) is 3.12. The van der Waals surface area contributed by atoms with Gasteiger partial charge in [0.25, 0.3) is 5.91 Å². The van der Waals surface area contributed by atoms with E-state index in [2.05, 4.69) is 16.0 Å². The summed E-state index contributed by atoms with van der Waals surface area (Å²) < 4.78 is 5.38. The lowest BCUT2D eigenvalue weighted by atomic mass is 10.1. The highest BCUT2D eigenvalue weighted by molar-refractivity contribution is 6.40. The zero-order valence-electron chi connectivity index (χ0n) is 18.5. The van der Waals surface area contributed by atoms with Crippen LogP contribution in [0.4, 0.5) is 5.69 Å². The van der Waals surface area contributed by atoms with E-state index in [-0.39, 0.29) is 18.1 Å². The van der Waals surface area contributed by atoms with E-state index in [1.54, 1.807) is 36.4 Å². The number of carbonyl (C=O) groups is 3. The maximum absolute atomic E-state index is 12.6. The number of para-hydroxylation sites is 1. The van der Waals surface area contributed by atoms with Crippen LogP contribution in [-0.2, 0) is 22.6 Å². The van der Waals surface area contributed by atoms with Crippen LogP contribution in [0.15, 0.2) is 78.9 Å². The molecule has 7 nitrogen and oxygen atoms in total. The highest BCUT2D eigenvalue weighted by Gasteiger charge is 2.17. The summed E-state index contributed by atoms with van der Waals surface area (Å²) in [5, 5.41) is 7.96. The van der Waals surface area contributed by atoms with E-state index in [1.165, 1.54) is 0 Å². The summed E-state index contributed by atoms with van der Waals surface area (Å²) in [6, 6.07) is 23.6. The van der Waals surface area contributed by atoms with Crippen LogP contribution in [0.2, 0.25) is 0 Å². The van der Waals surface area contributed by atoms with E-state index in [0.29, 0.717) is 25.1 Å². The fraction of sp³-hybridized carbons (Fsp3) is 0.192. The van der Waals surface area contributed by atoms with Crippen LogP contribution in [0.1, 0.15) is 28.4 Å². The van der Waals surface area contributed by atoms with Crippen LogP contribution in [-0.4, -0.2) is 30.9 Å². The third-order valence-electron chi connectivity index (χ3n) is 4.86. The predicted molar refractivity (Wildman–Crippen MR) is 127 cm³/mol. The van der Waals surface area contributed by atoms with Crippen LogP contribution in [0.25, 0.3) is 0 Å². The Kier molecular flexibility index (Phi) is 8.59. The molecule has 3 rings (SSSR count). The molecule has 0 saturated carbocycles. The van der Waals surface area contributed by atoms with Gasteiger partial charge in [-0.2, -0.15) is 0 Å². The summed E-state index contributed by atoms with van der Waals surface area (Å²) in [5.74, 6) is -1.21. The van der Waals surface area contributed by atoms with E-state index in [0.717, 1.165) is 16.9 Å². The second-order valence-electron chi connectivity index (χ2n) is 7.25. The lowest BCUT2D eigenvalue weighted by Gasteiger charge is -2.12. The predicted octanol–water partition coefficient (Wildman–Crippen LogP) is 3.31. The molecular weight excluding hydrogens is 418 g/mol. The molecule has 0 aliphatic rings. The van der Waals surface area contributed by atoms with Gasteiger partial charge in [-0.25, -0.2) is 0 Å². The fourth-order valence-corrected chi connectivity index (χ4v) is 3.16. The van der Waals surface area contributed by atoms with E-state index in [4.69, 9.17) is 4.74 Å². The molecule has 3 aromatic rings. The molecule has 0 aliphatic carbocycles. The minimum Gasteiger partial charge on any atom is -0.494 e. The van der Waals surface area contributed by atoms with Crippen molar-refractivity contribution in [3.63, 3.8) is 0 Å². The van der Waals surface area contributed by atoms with Crippen molar-refractivity contribution in [1.29, 1.82) is 0 Å². The molecule has 3 N–H and O–H groups in total. The van der Waals surface area contributed by atoms with Crippen molar-refractivity contribution < 1.29 is 19.1 Å². The summed E-state index contributed by atoms with van der Waals surface area (Å²) in [7, 11) is 0. The van der Waals surface area contributed by atoms with E-state index >= 15 is 0 Å². The summed E-state index contributed by atoms with van der Waals surface area (Å²) in [4.78, 5) is 37.2.